The SMILES string of the molecule is COC(=O)c1cccc(-n2nnn(C[C@@H](O)CC#N)c2=O)c1. The lowest BCUT2D eigenvalue weighted by Crippen LogP contribution is -2.29. The topological polar surface area (TPSA) is 123 Å². The molecule has 9 nitrogen and oxygen atoms in total. The number of nitrogens with zero attached hydrogens (tertiary/aromatic N) is 5. The standard InChI is InChI=1S/C13H13N5O4/c1-22-12(20)9-3-2-4-10(7-9)18-13(21)17(15-16-18)8-11(19)5-6-14/h2-4,7,11,19H,5,8H2,1H3/t11-/m0/s1. The second kappa shape index (κ2) is 6.64. The first-order chi connectivity index (χ1) is 10.6. The van der Waals surface area contributed by atoms with Gasteiger partial charge in [-0.05, 0) is 28.6 Å². The third kappa shape index (κ3) is 3.18. The van der Waals surface area contributed by atoms with Crippen molar-refractivity contribution in [1.29, 1.82) is 5.26 Å². The van der Waals surface area contributed by atoms with Gasteiger partial charge in [0.15, 0.2) is 0 Å². The molecule has 0 unspecified atom stereocenters. The maximum atomic E-state index is 12.2. The van der Waals surface area contributed by atoms with Crippen LogP contribution in [0.2, 0.25) is 0 Å². The lowest BCUT2D eigenvalue weighted by Gasteiger charge is -2.04. The maximum Gasteiger partial charge on any atom is 0.368 e. The largest absolute Gasteiger partial charge is 0.465 e. The fourth-order valence-corrected chi connectivity index (χ4v) is 1.80. The number of aliphatic hydroxyl groups excluding tert-OH is 1. The first-order valence-electron chi connectivity index (χ1n) is 6.33. The number of carbonyl (C=O) groups excluding carboxylic acids is 1. The van der Waals surface area contributed by atoms with E-state index in [9.17, 15) is 14.7 Å². The molecule has 22 heavy (non-hydrogen) atoms. The smallest absolute Gasteiger partial charge is 0.368 e. The minimum atomic E-state index is -1.01. The minimum absolute atomic E-state index is 0.114. The minimum Gasteiger partial charge on any atom is -0.465 e. The maximum absolute atomic E-state index is 12.2. The summed E-state index contributed by atoms with van der Waals surface area (Å²) in [4.78, 5) is 23.6. The van der Waals surface area contributed by atoms with Gasteiger partial charge in [0, 0.05) is 0 Å². The van der Waals surface area contributed by atoms with Gasteiger partial charge in [-0.1, -0.05) is 6.07 Å². The van der Waals surface area contributed by atoms with E-state index in [1.807, 2.05) is 0 Å². The molecule has 9 heteroatoms. The third-order valence-corrected chi connectivity index (χ3v) is 2.86. The van der Waals surface area contributed by atoms with Crippen molar-refractivity contribution in [2.24, 2.45) is 0 Å². The van der Waals surface area contributed by atoms with E-state index in [2.05, 4.69) is 15.2 Å². The van der Waals surface area contributed by atoms with Gasteiger partial charge < -0.3 is 9.84 Å². The van der Waals surface area contributed by atoms with E-state index >= 15 is 0 Å². The van der Waals surface area contributed by atoms with Crippen molar-refractivity contribution in [3.05, 3.63) is 40.3 Å². The van der Waals surface area contributed by atoms with Gasteiger partial charge in [0.25, 0.3) is 0 Å². The molecule has 0 bridgehead atoms. The average molecular weight is 303 g/mol. The summed E-state index contributed by atoms with van der Waals surface area (Å²) in [6.07, 6.45) is -1.12. The molecule has 1 atom stereocenters. The van der Waals surface area contributed by atoms with Crippen molar-refractivity contribution in [2.45, 2.75) is 19.1 Å². The summed E-state index contributed by atoms with van der Waals surface area (Å²) in [7, 11) is 1.26. The molecule has 0 fully saturated rings. The Morgan fingerprint density at radius 1 is 1.50 bits per heavy atom. The van der Waals surface area contributed by atoms with Crippen molar-refractivity contribution < 1.29 is 14.6 Å². The quantitative estimate of drug-likeness (QED) is 0.738. The van der Waals surface area contributed by atoms with Gasteiger partial charge >= 0.3 is 11.7 Å². The predicted octanol–water partition coefficient (Wildman–Crippen LogP) is -0.510. The highest BCUT2D eigenvalue weighted by molar-refractivity contribution is 5.89. The van der Waals surface area contributed by atoms with Crippen LogP contribution in [0.4, 0.5) is 0 Å². The number of benzene rings is 1. The summed E-state index contributed by atoms with van der Waals surface area (Å²) in [6, 6.07) is 7.95. The summed E-state index contributed by atoms with van der Waals surface area (Å²) in [5.41, 5.74) is 0.0268. The molecule has 2 aromatic rings. The van der Waals surface area contributed by atoms with E-state index in [-0.39, 0.29) is 18.5 Å². The second-order valence-electron chi connectivity index (χ2n) is 4.41. The zero-order valence-corrected chi connectivity index (χ0v) is 11.7. The molecule has 1 heterocycles. The van der Waals surface area contributed by atoms with E-state index < -0.39 is 17.8 Å². The van der Waals surface area contributed by atoms with Gasteiger partial charge in [-0.2, -0.15) is 14.6 Å². The number of carbonyl (C=O) groups is 1. The zero-order valence-electron chi connectivity index (χ0n) is 11.7. The van der Waals surface area contributed by atoms with Crippen LogP contribution >= 0.6 is 0 Å². The summed E-state index contributed by atoms with van der Waals surface area (Å²) < 4.78 is 6.55. The van der Waals surface area contributed by atoms with Crippen LogP contribution < -0.4 is 5.69 Å². The fraction of sp³-hybridized carbons (Fsp3) is 0.308. The van der Waals surface area contributed by atoms with Gasteiger partial charge in [-0.3, -0.25) is 0 Å². The normalized spacial score (nSPS) is 11.7. The van der Waals surface area contributed by atoms with Crippen LogP contribution in [0, 0.1) is 11.3 Å². The lowest BCUT2D eigenvalue weighted by molar-refractivity contribution is 0.0600. The number of methoxy groups -OCH3 is 1. The molecular weight excluding hydrogens is 290 g/mol. The van der Waals surface area contributed by atoms with E-state index in [1.54, 1.807) is 24.3 Å². The monoisotopic (exact) mass is 303 g/mol. The molecule has 0 spiro atoms. The number of aliphatic hydroxyl groups is 1. The Kier molecular flexibility index (Phi) is 4.65. The van der Waals surface area contributed by atoms with Crippen LogP contribution in [0.5, 0.6) is 0 Å². The molecule has 1 N–H and O–H groups in total. The summed E-state index contributed by atoms with van der Waals surface area (Å²) in [6.45, 7) is -0.136. The van der Waals surface area contributed by atoms with Crippen LogP contribution in [-0.2, 0) is 11.3 Å². The molecule has 0 aliphatic carbocycles. The number of tetrazole rings is 1. The van der Waals surface area contributed by atoms with Crippen LogP contribution in [0.1, 0.15) is 16.8 Å². The fourth-order valence-electron chi connectivity index (χ4n) is 1.80. The highest BCUT2D eigenvalue weighted by atomic mass is 16.5. The number of ether oxygens (including phenoxy) is 1. The Labute approximate surface area is 124 Å². The number of nitriles is 1. The highest BCUT2D eigenvalue weighted by Crippen LogP contribution is 2.08. The molecule has 2 rings (SSSR count). The summed E-state index contributed by atoms with van der Waals surface area (Å²) in [5.74, 6) is -0.535. The van der Waals surface area contributed by atoms with Gasteiger partial charge in [0.1, 0.15) is 0 Å². The molecule has 114 valence electrons. The number of esters is 1. The Bertz CT molecular complexity index is 773. The Morgan fingerprint density at radius 3 is 2.95 bits per heavy atom. The number of rotatable bonds is 5. The molecule has 0 saturated heterocycles. The summed E-state index contributed by atoms with van der Waals surface area (Å²) >= 11 is 0. The molecule has 0 amide bonds. The van der Waals surface area contributed by atoms with Crippen LogP contribution in [0.25, 0.3) is 5.69 Å². The van der Waals surface area contributed by atoms with E-state index in [0.29, 0.717) is 5.69 Å². The Balaban J connectivity index is 2.31. The molecular formula is C13H13N5O4. The first-order valence-corrected chi connectivity index (χ1v) is 6.33. The second-order valence-corrected chi connectivity index (χ2v) is 4.41. The number of aromatic nitrogens is 4. The van der Waals surface area contributed by atoms with Gasteiger partial charge in [-0.15, -0.1) is 0 Å². The Hall–Kier alpha value is -2.99. The van der Waals surface area contributed by atoms with Crippen LogP contribution in [0.15, 0.2) is 29.1 Å². The number of hydrogen-bond donors (Lipinski definition) is 1. The van der Waals surface area contributed by atoms with Crippen molar-refractivity contribution >= 4 is 5.97 Å². The molecule has 0 radical (unpaired) electrons. The molecule has 1 aromatic carbocycles. The van der Waals surface area contributed by atoms with Crippen molar-refractivity contribution in [1.82, 2.24) is 19.8 Å². The van der Waals surface area contributed by atoms with Crippen molar-refractivity contribution in [3.63, 3.8) is 0 Å². The van der Waals surface area contributed by atoms with Crippen LogP contribution in [0.3, 0.4) is 0 Å². The average Bonchev–Trinajstić information content (AvgIpc) is 2.88. The van der Waals surface area contributed by atoms with Gasteiger partial charge in [0.05, 0.1) is 43.5 Å². The van der Waals surface area contributed by atoms with E-state index in [0.717, 1.165) is 9.36 Å². The van der Waals surface area contributed by atoms with Crippen molar-refractivity contribution in [2.75, 3.05) is 7.11 Å². The Morgan fingerprint density at radius 2 is 2.27 bits per heavy atom. The van der Waals surface area contributed by atoms with Gasteiger partial charge in [-0.25, -0.2) is 9.59 Å². The summed E-state index contributed by atoms with van der Waals surface area (Å²) in [5, 5.41) is 25.4. The molecule has 0 aliphatic rings. The third-order valence-electron chi connectivity index (χ3n) is 2.86. The van der Waals surface area contributed by atoms with E-state index in [4.69, 9.17) is 5.26 Å². The molecule has 1 aromatic heterocycles. The number of hydrogen-bond acceptors (Lipinski definition) is 7. The zero-order chi connectivity index (χ0) is 16.1. The van der Waals surface area contributed by atoms with E-state index in [1.165, 1.54) is 13.2 Å². The first kappa shape index (κ1) is 15.4. The highest BCUT2D eigenvalue weighted by Gasteiger charge is 2.14. The molecule has 0 saturated carbocycles. The van der Waals surface area contributed by atoms with Gasteiger partial charge in [0.2, 0.25) is 0 Å². The van der Waals surface area contributed by atoms with Crippen molar-refractivity contribution in [3.8, 4) is 11.8 Å². The molecule has 0 aliphatic heterocycles. The predicted molar refractivity (Wildman–Crippen MR) is 73.2 cm³/mol. The van der Waals surface area contributed by atoms with Crippen LogP contribution in [-0.4, -0.2) is 44.1 Å². The lowest BCUT2D eigenvalue weighted by atomic mass is 10.2.